The Morgan fingerprint density at radius 2 is 2.47 bits per heavy atom. The molecule has 1 heterocycles. The van der Waals surface area contributed by atoms with Crippen LogP contribution in [0, 0.1) is 0 Å². The molecule has 0 unspecified atom stereocenters. The lowest BCUT2D eigenvalue weighted by atomic mass is 10.2. The van der Waals surface area contributed by atoms with Crippen LogP contribution in [0.2, 0.25) is 0 Å². The third kappa shape index (κ3) is 3.76. The molecule has 0 spiro atoms. The number of hydrogen-bond donors (Lipinski definition) is 1. The van der Waals surface area contributed by atoms with E-state index < -0.39 is 6.09 Å². The number of ether oxygens (including phenoxy) is 1. The van der Waals surface area contributed by atoms with Crippen molar-refractivity contribution in [3.63, 3.8) is 0 Å². The van der Waals surface area contributed by atoms with Gasteiger partial charge in [-0.2, -0.15) is 5.10 Å². The minimum absolute atomic E-state index is 0.327. The fourth-order valence-electron chi connectivity index (χ4n) is 0.934. The Morgan fingerprint density at radius 3 is 3.07 bits per heavy atom. The van der Waals surface area contributed by atoms with E-state index in [1.54, 1.807) is 32.3 Å². The smallest absolute Gasteiger partial charge is 0.427 e. The Morgan fingerprint density at radius 1 is 1.67 bits per heavy atom. The van der Waals surface area contributed by atoms with Gasteiger partial charge in [-0.25, -0.2) is 10.2 Å². The van der Waals surface area contributed by atoms with Gasteiger partial charge in [-0.1, -0.05) is 6.07 Å². The first-order valence-corrected chi connectivity index (χ1v) is 4.61. The summed E-state index contributed by atoms with van der Waals surface area (Å²) in [5.41, 5.74) is 3.81. The van der Waals surface area contributed by atoms with Gasteiger partial charge < -0.3 is 4.74 Å². The SMILES string of the molecule is CCOC(=O)NN=C(C)c1cccnc1. The van der Waals surface area contributed by atoms with Crippen molar-refractivity contribution in [2.24, 2.45) is 5.10 Å². The predicted molar refractivity (Wildman–Crippen MR) is 56.6 cm³/mol. The van der Waals surface area contributed by atoms with Gasteiger partial charge in [0.05, 0.1) is 12.3 Å². The molecular formula is C10H13N3O2. The molecule has 0 aliphatic heterocycles. The zero-order valence-electron chi connectivity index (χ0n) is 8.73. The number of hydrazone groups is 1. The number of nitrogens with zero attached hydrogens (tertiary/aromatic N) is 2. The summed E-state index contributed by atoms with van der Waals surface area (Å²) < 4.78 is 4.66. The summed E-state index contributed by atoms with van der Waals surface area (Å²) in [6.45, 7) is 3.84. The van der Waals surface area contributed by atoms with E-state index >= 15 is 0 Å². The monoisotopic (exact) mass is 207 g/mol. The summed E-state index contributed by atoms with van der Waals surface area (Å²) >= 11 is 0. The first-order chi connectivity index (χ1) is 7.24. The molecule has 1 N–H and O–H groups in total. The van der Waals surface area contributed by atoms with Crippen LogP contribution >= 0.6 is 0 Å². The Kier molecular flexibility index (Phi) is 4.28. The maximum absolute atomic E-state index is 10.9. The summed E-state index contributed by atoms with van der Waals surface area (Å²) in [5, 5.41) is 3.87. The van der Waals surface area contributed by atoms with Crippen molar-refractivity contribution in [3.8, 4) is 0 Å². The van der Waals surface area contributed by atoms with Crippen LogP contribution in [0.3, 0.4) is 0 Å². The molecule has 0 aliphatic rings. The first kappa shape index (κ1) is 11.2. The molecule has 5 heteroatoms. The van der Waals surface area contributed by atoms with Crippen LogP contribution in [0.25, 0.3) is 0 Å². The van der Waals surface area contributed by atoms with Gasteiger partial charge in [0, 0.05) is 18.0 Å². The highest BCUT2D eigenvalue weighted by Crippen LogP contribution is 1.97. The molecule has 1 aromatic heterocycles. The van der Waals surface area contributed by atoms with Crippen LogP contribution in [0.15, 0.2) is 29.6 Å². The molecule has 0 atom stereocenters. The Balaban J connectivity index is 2.57. The molecule has 0 saturated heterocycles. The van der Waals surface area contributed by atoms with Gasteiger partial charge in [-0.05, 0) is 19.9 Å². The quantitative estimate of drug-likeness (QED) is 0.604. The molecule has 0 bridgehead atoms. The second kappa shape index (κ2) is 5.74. The van der Waals surface area contributed by atoms with E-state index in [1.807, 2.05) is 6.07 Å². The van der Waals surface area contributed by atoms with Crippen molar-refractivity contribution in [3.05, 3.63) is 30.1 Å². The van der Waals surface area contributed by atoms with Crippen LogP contribution in [0.4, 0.5) is 4.79 Å². The molecule has 1 rings (SSSR count). The van der Waals surface area contributed by atoms with E-state index in [-0.39, 0.29) is 0 Å². The van der Waals surface area contributed by atoms with Crippen molar-refractivity contribution in [1.29, 1.82) is 0 Å². The van der Waals surface area contributed by atoms with Gasteiger partial charge in [0.2, 0.25) is 0 Å². The van der Waals surface area contributed by atoms with Crippen LogP contribution in [-0.2, 0) is 4.74 Å². The maximum atomic E-state index is 10.9. The van der Waals surface area contributed by atoms with Gasteiger partial charge in [0.15, 0.2) is 0 Å². The van der Waals surface area contributed by atoms with Crippen LogP contribution in [0.1, 0.15) is 19.4 Å². The highest BCUT2D eigenvalue weighted by Gasteiger charge is 1.99. The molecule has 0 radical (unpaired) electrons. The van der Waals surface area contributed by atoms with Gasteiger partial charge in [0.25, 0.3) is 0 Å². The van der Waals surface area contributed by atoms with Crippen molar-refractivity contribution in [1.82, 2.24) is 10.4 Å². The second-order valence-corrected chi connectivity index (χ2v) is 2.77. The van der Waals surface area contributed by atoms with E-state index in [0.29, 0.717) is 12.3 Å². The van der Waals surface area contributed by atoms with Crippen molar-refractivity contribution in [2.75, 3.05) is 6.61 Å². The number of hydrogen-bond acceptors (Lipinski definition) is 4. The minimum atomic E-state index is -0.555. The number of carbonyl (C=O) groups is 1. The molecule has 1 amide bonds. The summed E-state index contributed by atoms with van der Waals surface area (Å²) in [4.78, 5) is 14.9. The second-order valence-electron chi connectivity index (χ2n) is 2.77. The van der Waals surface area contributed by atoms with Crippen molar-refractivity contribution >= 4 is 11.8 Å². The van der Waals surface area contributed by atoms with Gasteiger partial charge in [-0.15, -0.1) is 0 Å². The lowest BCUT2D eigenvalue weighted by molar-refractivity contribution is 0.152. The fourth-order valence-corrected chi connectivity index (χ4v) is 0.934. The first-order valence-electron chi connectivity index (χ1n) is 4.61. The molecule has 80 valence electrons. The summed E-state index contributed by atoms with van der Waals surface area (Å²) in [6, 6.07) is 3.66. The molecule has 5 nitrogen and oxygen atoms in total. The standard InChI is InChI=1S/C10H13N3O2/c1-3-15-10(14)13-12-8(2)9-5-4-6-11-7-9/h4-7H,3H2,1-2H3,(H,13,14). The Bertz CT molecular complexity index is 349. The third-order valence-corrected chi connectivity index (χ3v) is 1.67. The lowest BCUT2D eigenvalue weighted by Gasteiger charge is -2.01. The van der Waals surface area contributed by atoms with Crippen LogP contribution in [-0.4, -0.2) is 23.4 Å². The van der Waals surface area contributed by atoms with Crippen molar-refractivity contribution < 1.29 is 9.53 Å². The molecule has 0 aliphatic carbocycles. The third-order valence-electron chi connectivity index (χ3n) is 1.67. The average Bonchev–Trinajstić information content (AvgIpc) is 2.27. The summed E-state index contributed by atoms with van der Waals surface area (Å²) in [6.07, 6.45) is 2.79. The van der Waals surface area contributed by atoms with Gasteiger partial charge in [0.1, 0.15) is 0 Å². The number of nitrogens with one attached hydrogen (secondary N) is 1. The number of rotatable bonds is 3. The number of pyridine rings is 1. The zero-order chi connectivity index (χ0) is 11.1. The summed E-state index contributed by atoms with van der Waals surface area (Å²) in [7, 11) is 0. The highest BCUT2D eigenvalue weighted by atomic mass is 16.5. The normalized spacial score (nSPS) is 10.9. The van der Waals surface area contributed by atoms with E-state index in [2.05, 4.69) is 20.2 Å². The number of amides is 1. The average molecular weight is 207 g/mol. The van der Waals surface area contributed by atoms with E-state index in [9.17, 15) is 4.79 Å². The Labute approximate surface area is 88.2 Å². The van der Waals surface area contributed by atoms with Gasteiger partial charge in [-0.3, -0.25) is 4.98 Å². The van der Waals surface area contributed by atoms with Crippen LogP contribution in [0.5, 0.6) is 0 Å². The number of aromatic nitrogens is 1. The zero-order valence-corrected chi connectivity index (χ0v) is 8.73. The summed E-state index contributed by atoms with van der Waals surface area (Å²) in [5.74, 6) is 0. The Hall–Kier alpha value is -1.91. The maximum Gasteiger partial charge on any atom is 0.427 e. The predicted octanol–water partition coefficient (Wildman–Crippen LogP) is 1.55. The molecule has 0 fully saturated rings. The molecule has 15 heavy (non-hydrogen) atoms. The van der Waals surface area contributed by atoms with Crippen LogP contribution < -0.4 is 5.43 Å². The fraction of sp³-hybridized carbons (Fsp3) is 0.300. The molecule has 1 aromatic rings. The van der Waals surface area contributed by atoms with E-state index in [1.165, 1.54) is 0 Å². The van der Waals surface area contributed by atoms with E-state index in [0.717, 1.165) is 5.56 Å². The molecule has 0 aromatic carbocycles. The van der Waals surface area contributed by atoms with Gasteiger partial charge >= 0.3 is 6.09 Å². The van der Waals surface area contributed by atoms with E-state index in [4.69, 9.17) is 0 Å². The molecule has 0 saturated carbocycles. The topological polar surface area (TPSA) is 63.6 Å². The number of carbonyl (C=O) groups excluding carboxylic acids is 1. The molecular weight excluding hydrogens is 194 g/mol. The minimum Gasteiger partial charge on any atom is -0.449 e. The lowest BCUT2D eigenvalue weighted by Crippen LogP contribution is -2.20. The largest absolute Gasteiger partial charge is 0.449 e. The van der Waals surface area contributed by atoms with Crippen molar-refractivity contribution in [2.45, 2.75) is 13.8 Å². The highest BCUT2D eigenvalue weighted by molar-refractivity contribution is 5.98.